The first-order chi connectivity index (χ1) is 16.1. The highest BCUT2D eigenvalue weighted by molar-refractivity contribution is 6.05. The van der Waals surface area contributed by atoms with Gasteiger partial charge in [-0.05, 0) is 29.7 Å². The van der Waals surface area contributed by atoms with Crippen molar-refractivity contribution in [3.05, 3.63) is 59.7 Å². The molecule has 0 aliphatic carbocycles. The van der Waals surface area contributed by atoms with Crippen molar-refractivity contribution in [1.29, 1.82) is 10.8 Å². The van der Waals surface area contributed by atoms with E-state index >= 15 is 0 Å². The molecule has 2 atom stereocenters. The Kier molecular flexibility index (Phi) is 7.38. The predicted molar refractivity (Wildman–Crippen MR) is 122 cm³/mol. The Hall–Kier alpha value is -3.69. The van der Waals surface area contributed by atoms with E-state index in [4.69, 9.17) is 10.8 Å². The van der Waals surface area contributed by atoms with Crippen LogP contribution in [0, 0.1) is 22.7 Å². The van der Waals surface area contributed by atoms with Crippen LogP contribution in [0.1, 0.15) is 35.7 Å². The standard InChI is InChI=1S/C24H25F3N4O3/c1-14(2)13-31-21(15(11-28)12-29)20(18-8-3-4-9-19(18)23(31)33)22(32)30-16-6-5-7-17(10-16)34-24(25,26)27/h3-12,14-15,20-21,28-29H,13H2,1-2H3,(H,30,32)/t15?,20-,21+/m0/s1. The number of fused-ring (bicyclic) bond motifs is 1. The van der Waals surface area contributed by atoms with Gasteiger partial charge in [0.15, 0.2) is 0 Å². The number of hydrogen-bond acceptors (Lipinski definition) is 5. The topological polar surface area (TPSA) is 106 Å². The fourth-order valence-corrected chi connectivity index (χ4v) is 4.18. The van der Waals surface area contributed by atoms with Gasteiger partial charge in [-0.25, -0.2) is 0 Å². The van der Waals surface area contributed by atoms with Crippen LogP contribution in [-0.4, -0.2) is 48.1 Å². The summed E-state index contributed by atoms with van der Waals surface area (Å²) in [5.74, 6) is -3.11. The van der Waals surface area contributed by atoms with E-state index in [-0.39, 0.29) is 17.5 Å². The first-order valence-corrected chi connectivity index (χ1v) is 10.6. The first-order valence-electron chi connectivity index (χ1n) is 10.6. The number of amides is 2. The van der Waals surface area contributed by atoms with Gasteiger partial charge in [0.25, 0.3) is 5.91 Å². The Bertz CT molecular complexity index is 1080. The highest BCUT2D eigenvalue weighted by Crippen LogP contribution is 2.38. The Morgan fingerprint density at radius 2 is 1.82 bits per heavy atom. The molecule has 3 N–H and O–H groups in total. The van der Waals surface area contributed by atoms with Crippen molar-refractivity contribution in [2.45, 2.75) is 32.2 Å². The third-order valence-electron chi connectivity index (χ3n) is 5.45. The van der Waals surface area contributed by atoms with Gasteiger partial charge in [0.05, 0.1) is 12.0 Å². The van der Waals surface area contributed by atoms with Crippen molar-refractivity contribution < 1.29 is 27.5 Å². The average Bonchev–Trinajstić information content (AvgIpc) is 2.76. The molecule has 0 aromatic heterocycles. The molecule has 0 unspecified atom stereocenters. The van der Waals surface area contributed by atoms with Crippen LogP contribution in [0.4, 0.5) is 18.9 Å². The quantitative estimate of drug-likeness (QED) is 0.483. The molecule has 0 saturated carbocycles. The van der Waals surface area contributed by atoms with Gasteiger partial charge < -0.3 is 25.8 Å². The van der Waals surface area contributed by atoms with E-state index in [1.807, 2.05) is 13.8 Å². The summed E-state index contributed by atoms with van der Waals surface area (Å²) in [5.41, 5.74) is 0.852. The number of nitrogens with zero attached hydrogens (tertiary/aromatic N) is 1. The first kappa shape index (κ1) is 24.9. The lowest BCUT2D eigenvalue weighted by Gasteiger charge is -2.44. The molecular formula is C24H25F3N4O3. The molecule has 1 heterocycles. The molecular weight excluding hydrogens is 449 g/mol. The zero-order valence-electron chi connectivity index (χ0n) is 18.6. The van der Waals surface area contributed by atoms with E-state index < -0.39 is 35.9 Å². The summed E-state index contributed by atoms with van der Waals surface area (Å²) in [7, 11) is 0. The van der Waals surface area contributed by atoms with Gasteiger partial charge in [0, 0.05) is 42.2 Å². The van der Waals surface area contributed by atoms with Crippen molar-refractivity contribution in [2.75, 3.05) is 11.9 Å². The van der Waals surface area contributed by atoms with Crippen LogP contribution in [0.25, 0.3) is 0 Å². The van der Waals surface area contributed by atoms with Crippen LogP contribution in [0.3, 0.4) is 0 Å². The molecule has 2 aromatic carbocycles. The second-order valence-electron chi connectivity index (χ2n) is 8.38. The van der Waals surface area contributed by atoms with Crippen molar-refractivity contribution in [3.8, 4) is 5.75 Å². The molecule has 34 heavy (non-hydrogen) atoms. The van der Waals surface area contributed by atoms with Gasteiger partial charge in [0.2, 0.25) is 5.91 Å². The Balaban J connectivity index is 2.05. The minimum atomic E-state index is -4.88. The smallest absolute Gasteiger partial charge is 0.406 e. The summed E-state index contributed by atoms with van der Waals surface area (Å²) in [4.78, 5) is 28.4. The van der Waals surface area contributed by atoms with Gasteiger partial charge >= 0.3 is 6.36 Å². The van der Waals surface area contributed by atoms with Crippen LogP contribution in [0.15, 0.2) is 48.5 Å². The predicted octanol–water partition coefficient (Wildman–Crippen LogP) is 4.70. The number of alkyl halides is 3. The van der Waals surface area contributed by atoms with E-state index in [9.17, 15) is 22.8 Å². The number of anilines is 1. The summed E-state index contributed by atoms with van der Waals surface area (Å²) in [6, 6.07) is 10.7. The molecule has 1 aliphatic heterocycles. The minimum absolute atomic E-state index is 0.0498. The molecule has 10 heteroatoms. The van der Waals surface area contributed by atoms with E-state index in [1.54, 1.807) is 24.3 Å². The number of carbonyl (C=O) groups is 2. The minimum Gasteiger partial charge on any atom is -0.406 e. The monoisotopic (exact) mass is 474 g/mol. The fourth-order valence-electron chi connectivity index (χ4n) is 4.18. The molecule has 2 aromatic rings. The molecule has 180 valence electrons. The normalized spacial score (nSPS) is 18.8. The van der Waals surface area contributed by atoms with Crippen molar-refractivity contribution in [2.24, 2.45) is 11.8 Å². The average molecular weight is 474 g/mol. The van der Waals surface area contributed by atoms with Gasteiger partial charge in [-0.2, -0.15) is 0 Å². The zero-order chi connectivity index (χ0) is 25.0. The highest BCUT2D eigenvalue weighted by atomic mass is 19.4. The SMILES string of the molecule is CC(C)CN1C(=O)c2ccccc2[C@H](C(=O)Nc2cccc(OC(F)(F)F)c2)[C@H]1C(C=N)C=N. The third-order valence-corrected chi connectivity index (χ3v) is 5.45. The van der Waals surface area contributed by atoms with Gasteiger partial charge in [0.1, 0.15) is 5.75 Å². The van der Waals surface area contributed by atoms with Gasteiger partial charge in [-0.3, -0.25) is 9.59 Å². The number of ether oxygens (including phenoxy) is 1. The maximum absolute atomic E-state index is 13.5. The lowest BCUT2D eigenvalue weighted by atomic mass is 9.76. The molecule has 0 spiro atoms. The number of nitrogens with one attached hydrogen (secondary N) is 3. The lowest BCUT2D eigenvalue weighted by molar-refractivity contribution is -0.274. The van der Waals surface area contributed by atoms with Crippen LogP contribution >= 0.6 is 0 Å². The van der Waals surface area contributed by atoms with Crippen LogP contribution in [0.5, 0.6) is 5.75 Å². The summed E-state index contributed by atoms with van der Waals surface area (Å²) in [5, 5.41) is 18.3. The largest absolute Gasteiger partial charge is 0.573 e. The van der Waals surface area contributed by atoms with Crippen LogP contribution in [0.2, 0.25) is 0 Å². The highest BCUT2D eigenvalue weighted by Gasteiger charge is 2.46. The number of rotatable bonds is 8. The second-order valence-corrected chi connectivity index (χ2v) is 8.38. The summed E-state index contributed by atoms with van der Waals surface area (Å²) in [6.07, 6.45) is -2.84. The Morgan fingerprint density at radius 1 is 1.15 bits per heavy atom. The van der Waals surface area contributed by atoms with E-state index in [2.05, 4.69) is 10.1 Å². The summed E-state index contributed by atoms with van der Waals surface area (Å²) >= 11 is 0. The number of benzene rings is 2. The Morgan fingerprint density at radius 3 is 2.44 bits per heavy atom. The van der Waals surface area contributed by atoms with Crippen molar-refractivity contribution in [3.63, 3.8) is 0 Å². The maximum Gasteiger partial charge on any atom is 0.573 e. The number of carbonyl (C=O) groups excluding carboxylic acids is 2. The summed E-state index contributed by atoms with van der Waals surface area (Å²) < 4.78 is 41.7. The fraction of sp³-hybridized carbons (Fsp3) is 0.333. The van der Waals surface area contributed by atoms with Crippen LogP contribution in [-0.2, 0) is 4.79 Å². The van der Waals surface area contributed by atoms with E-state index in [0.717, 1.165) is 24.6 Å². The summed E-state index contributed by atoms with van der Waals surface area (Å²) in [6.45, 7) is 4.13. The molecule has 3 rings (SSSR count). The molecule has 0 radical (unpaired) electrons. The molecule has 0 bridgehead atoms. The molecule has 1 aliphatic rings. The number of hydrogen-bond donors (Lipinski definition) is 3. The maximum atomic E-state index is 13.5. The van der Waals surface area contributed by atoms with E-state index in [1.165, 1.54) is 17.0 Å². The van der Waals surface area contributed by atoms with Gasteiger partial charge in [-0.1, -0.05) is 38.1 Å². The van der Waals surface area contributed by atoms with Crippen molar-refractivity contribution >= 4 is 29.9 Å². The number of halogens is 3. The molecule has 0 fully saturated rings. The second kappa shape index (κ2) is 10.1. The molecule has 7 nitrogen and oxygen atoms in total. The molecule has 0 saturated heterocycles. The van der Waals surface area contributed by atoms with Crippen LogP contribution < -0.4 is 10.1 Å². The Labute approximate surface area is 194 Å². The van der Waals surface area contributed by atoms with Gasteiger partial charge in [-0.15, -0.1) is 13.2 Å². The third kappa shape index (κ3) is 5.44. The van der Waals surface area contributed by atoms with E-state index in [0.29, 0.717) is 17.7 Å². The van der Waals surface area contributed by atoms with Crippen molar-refractivity contribution in [1.82, 2.24) is 4.90 Å². The zero-order valence-corrected chi connectivity index (χ0v) is 18.6. The molecule has 2 amide bonds. The lowest BCUT2D eigenvalue weighted by Crippen LogP contribution is -2.56.